The molecule has 112 valence electrons. The largest absolute Gasteiger partial charge is 0.325 e. The quantitative estimate of drug-likeness (QED) is 0.888. The number of H-pyrrole nitrogens is 1. The Morgan fingerprint density at radius 1 is 1.15 bits per heavy atom. The van der Waals surface area contributed by atoms with Gasteiger partial charge in [-0.3, -0.25) is 9.47 Å². The number of imidazole rings is 1. The summed E-state index contributed by atoms with van der Waals surface area (Å²) in [4.78, 5) is 19.3. The van der Waals surface area contributed by atoms with Crippen LogP contribution in [-0.4, -0.2) is 69.6 Å². The van der Waals surface area contributed by atoms with Crippen molar-refractivity contribution >= 4 is 11.8 Å². The zero-order valence-electron chi connectivity index (χ0n) is 12.0. The molecule has 0 spiro atoms. The lowest BCUT2D eigenvalue weighted by Crippen LogP contribution is -2.48. The maximum atomic E-state index is 11.4. The minimum absolute atomic E-state index is 0.00528. The van der Waals surface area contributed by atoms with E-state index in [-0.39, 0.29) is 5.69 Å². The summed E-state index contributed by atoms with van der Waals surface area (Å²) < 4.78 is 1.76. The Morgan fingerprint density at radius 3 is 2.55 bits per heavy atom. The number of aromatic amines is 1. The number of nitrogens with one attached hydrogen (secondary N) is 1. The van der Waals surface area contributed by atoms with Crippen molar-refractivity contribution in [1.82, 2.24) is 19.4 Å². The Hall–Kier alpha value is -0.720. The monoisotopic (exact) mass is 296 g/mol. The first-order valence-corrected chi connectivity index (χ1v) is 8.76. The van der Waals surface area contributed by atoms with Crippen LogP contribution in [0.3, 0.4) is 0 Å². The third-order valence-electron chi connectivity index (χ3n) is 4.50. The number of hydrogen-bond donors (Lipinski definition) is 1. The van der Waals surface area contributed by atoms with Gasteiger partial charge in [-0.05, 0) is 25.9 Å². The van der Waals surface area contributed by atoms with E-state index in [1.54, 1.807) is 10.8 Å². The average Bonchev–Trinajstić information content (AvgIpc) is 2.92. The molecule has 2 aliphatic heterocycles. The third kappa shape index (κ3) is 3.48. The van der Waals surface area contributed by atoms with E-state index in [0.717, 1.165) is 19.1 Å². The molecule has 2 saturated heterocycles. The molecule has 0 saturated carbocycles. The van der Waals surface area contributed by atoms with Crippen molar-refractivity contribution < 1.29 is 0 Å². The van der Waals surface area contributed by atoms with Gasteiger partial charge in [0.1, 0.15) is 0 Å². The molecule has 0 aliphatic carbocycles. The number of aromatic nitrogens is 2. The molecule has 0 unspecified atom stereocenters. The molecule has 3 heterocycles. The van der Waals surface area contributed by atoms with E-state index in [2.05, 4.69) is 26.5 Å². The fourth-order valence-corrected chi connectivity index (χ4v) is 4.16. The Labute approximate surface area is 124 Å². The summed E-state index contributed by atoms with van der Waals surface area (Å²) in [5, 5.41) is 0. The second-order valence-corrected chi connectivity index (χ2v) is 6.90. The highest BCUT2D eigenvalue weighted by Gasteiger charge is 2.25. The van der Waals surface area contributed by atoms with Crippen molar-refractivity contribution in [3.05, 3.63) is 22.9 Å². The standard InChI is InChI=1S/C14H24N4OS/c19-14-15-3-6-18(14)8-7-16-4-1-13(2-5-16)17-9-11-20-12-10-17/h3,6,13H,1-2,4-5,7-12H2,(H,15,19). The summed E-state index contributed by atoms with van der Waals surface area (Å²) in [5.74, 6) is 2.60. The highest BCUT2D eigenvalue weighted by molar-refractivity contribution is 7.99. The molecule has 3 rings (SSSR count). The maximum Gasteiger partial charge on any atom is 0.325 e. The van der Waals surface area contributed by atoms with Gasteiger partial charge in [0.15, 0.2) is 0 Å². The van der Waals surface area contributed by atoms with Crippen LogP contribution in [0, 0.1) is 0 Å². The average molecular weight is 296 g/mol. The second-order valence-electron chi connectivity index (χ2n) is 5.68. The number of likely N-dealkylation sites (tertiary alicyclic amines) is 1. The number of thioether (sulfide) groups is 1. The van der Waals surface area contributed by atoms with Crippen LogP contribution in [0.4, 0.5) is 0 Å². The molecule has 1 N–H and O–H groups in total. The van der Waals surface area contributed by atoms with Crippen molar-refractivity contribution in [2.45, 2.75) is 25.4 Å². The fourth-order valence-electron chi connectivity index (χ4n) is 3.23. The van der Waals surface area contributed by atoms with E-state index >= 15 is 0 Å². The summed E-state index contributed by atoms with van der Waals surface area (Å²) in [6.07, 6.45) is 6.11. The zero-order valence-corrected chi connectivity index (χ0v) is 12.8. The van der Waals surface area contributed by atoms with Crippen LogP contribution in [0.25, 0.3) is 0 Å². The van der Waals surface area contributed by atoms with Crippen LogP contribution < -0.4 is 5.69 Å². The second kappa shape index (κ2) is 6.83. The molecule has 5 nitrogen and oxygen atoms in total. The number of nitrogens with zero attached hydrogens (tertiary/aromatic N) is 3. The third-order valence-corrected chi connectivity index (χ3v) is 5.44. The van der Waals surface area contributed by atoms with Crippen molar-refractivity contribution in [1.29, 1.82) is 0 Å². The van der Waals surface area contributed by atoms with Crippen LogP contribution in [-0.2, 0) is 6.54 Å². The summed E-state index contributed by atoms with van der Waals surface area (Å²) in [7, 11) is 0. The van der Waals surface area contributed by atoms with Crippen molar-refractivity contribution in [3.8, 4) is 0 Å². The first-order valence-electron chi connectivity index (χ1n) is 7.61. The van der Waals surface area contributed by atoms with E-state index in [4.69, 9.17) is 0 Å². The van der Waals surface area contributed by atoms with Crippen LogP contribution >= 0.6 is 11.8 Å². The minimum Gasteiger partial charge on any atom is -0.313 e. The molecule has 0 atom stereocenters. The molecule has 1 aromatic heterocycles. The van der Waals surface area contributed by atoms with Crippen molar-refractivity contribution in [2.24, 2.45) is 0 Å². The summed E-state index contributed by atoms with van der Waals surface area (Å²) in [5.41, 5.74) is 0.00528. The Bertz CT molecular complexity index is 458. The van der Waals surface area contributed by atoms with Crippen LogP contribution in [0.2, 0.25) is 0 Å². The van der Waals surface area contributed by atoms with Crippen molar-refractivity contribution in [3.63, 3.8) is 0 Å². The molecular formula is C14H24N4OS. The van der Waals surface area contributed by atoms with Gasteiger partial charge in [-0.2, -0.15) is 11.8 Å². The summed E-state index contributed by atoms with van der Waals surface area (Å²) in [6, 6.07) is 0.794. The molecule has 20 heavy (non-hydrogen) atoms. The van der Waals surface area contributed by atoms with Crippen molar-refractivity contribution in [2.75, 3.05) is 44.2 Å². The number of rotatable bonds is 4. The van der Waals surface area contributed by atoms with Gasteiger partial charge in [0.2, 0.25) is 0 Å². The van der Waals surface area contributed by atoms with Crippen LogP contribution in [0.15, 0.2) is 17.2 Å². The van der Waals surface area contributed by atoms with Crippen LogP contribution in [0.1, 0.15) is 12.8 Å². The predicted octanol–water partition coefficient (Wildman–Crippen LogP) is 0.690. The normalized spacial score (nSPS) is 23.2. The number of hydrogen-bond acceptors (Lipinski definition) is 4. The van der Waals surface area contributed by atoms with Gasteiger partial charge in [0.05, 0.1) is 0 Å². The molecule has 1 aromatic rings. The van der Waals surface area contributed by atoms with Gasteiger partial charge in [0, 0.05) is 56.1 Å². The molecular weight excluding hydrogens is 272 g/mol. The SMILES string of the molecule is O=c1[nH]ccn1CCN1CCC(N2CCSCC2)CC1. The summed E-state index contributed by atoms with van der Waals surface area (Å²) >= 11 is 2.08. The highest BCUT2D eigenvalue weighted by atomic mass is 32.2. The highest BCUT2D eigenvalue weighted by Crippen LogP contribution is 2.20. The maximum absolute atomic E-state index is 11.4. The van der Waals surface area contributed by atoms with Gasteiger partial charge in [-0.25, -0.2) is 4.79 Å². The first kappa shape index (κ1) is 14.2. The lowest BCUT2D eigenvalue weighted by Gasteiger charge is -2.40. The van der Waals surface area contributed by atoms with Gasteiger partial charge in [0.25, 0.3) is 0 Å². The summed E-state index contributed by atoms with van der Waals surface area (Å²) in [6.45, 7) is 6.68. The first-order chi connectivity index (χ1) is 9.83. The topological polar surface area (TPSA) is 44.3 Å². The minimum atomic E-state index is 0.00528. The zero-order chi connectivity index (χ0) is 13.8. The molecule has 0 amide bonds. The van der Waals surface area contributed by atoms with E-state index in [1.165, 1.54) is 50.5 Å². The smallest absolute Gasteiger partial charge is 0.313 e. The Balaban J connectivity index is 1.42. The molecule has 2 aliphatic rings. The van der Waals surface area contributed by atoms with E-state index in [1.807, 2.05) is 6.20 Å². The molecule has 0 aromatic carbocycles. The number of piperidine rings is 1. The van der Waals surface area contributed by atoms with Gasteiger partial charge >= 0.3 is 5.69 Å². The van der Waals surface area contributed by atoms with E-state index in [0.29, 0.717) is 0 Å². The molecule has 0 bridgehead atoms. The Morgan fingerprint density at radius 2 is 1.90 bits per heavy atom. The Kier molecular flexibility index (Phi) is 4.86. The van der Waals surface area contributed by atoms with Gasteiger partial charge < -0.3 is 9.88 Å². The lowest BCUT2D eigenvalue weighted by molar-refractivity contribution is 0.114. The fraction of sp³-hybridized carbons (Fsp3) is 0.786. The molecule has 2 fully saturated rings. The lowest BCUT2D eigenvalue weighted by atomic mass is 10.0. The van der Waals surface area contributed by atoms with Crippen LogP contribution in [0.5, 0.6) is 0 Å². The predicted molar refractivity (Wildman–Crippen MR) is 83.4 cm³/mol. The molecule has 0 radical (unpaired) electrons. The van der Waals surface area contributed by atoms with E-state index < -0.39 is 0 Å². The van der Waals surface area contributed by atoms with E-state index in [9.17, 15) is 4.79 Å². The van der Waals surface area contributed by atoms with Gasteiger partial charge in [-0.1, -0.05) is 0 Å². The van der Waals surface area contributed by atoms with Gasteiger partial charge in [-0.15, -0.1) is 0 Å². The molecule has 6 heteroatoms.